The number of rotatable bonds is 5. The lowest BCUT2D eigenvalue weighted by Gasteiger charge is -2.27. The molecule has 2 amide bonds. The molecule has 2 aromatic rings. The fourth-order valence-electron chi connectivity index (χ4n) is 5.20. The average molecular weight is 486 g/mol. The van der Waals surface area contributed by atoms with Crippen molar-refractivity contribution in [1.82, 2.24) is 10.2 Å². The van der Waals surface area contributed by atoms with Gasteiger partial charge in [0.25, 0.3) is 11.8 Å². The molecule has 2 heterocycles. The Balaban J connectivity index is 1.24. The van der Waals surface area contributed by atoms with Gasteiger partial charge < -0.3 is 24.8 Å². The van der Waals surface area contributed by atoms with E-state index in [2.05, 4.69) is 5.32 Å². The number of alkyl carbamates (subject to hydrolysis) is 1. The number of likely N-dealkylation sites (tertiary alicyclic amines) is 1. The fourth-order valence-corrected chi connectivity index (χ4v) is 5.20. The molecule has 2 N–H and O–H groups in total. The smallest absolute Gasteiger partial charge is 0.407 e. The van der Waals surface area contributed by atoms with E-state index in [9.17, 15) is 28.3 Å². The van der Waals surface area contributed by atoms with Crippen LogP contribution in [0, 0.1) is 0 Å². The van der Waals surface area contributed by atoms with Gasteiger partial charge in [-0.3, -0.25) is 4.79 Å². The number of nitrogens with zero attached hydrogens (tertiary/aromatic N) is 1. The van der Waals surface area contributed by atoms with Gasteiger partial charge in [-0.1, -0.05) is 48.5 Å². The van der Waals surface area contributed by atoms with Crippen molar-refractivity contribution in [3.05, 3.63) is 59.7 Å². The predicted molar refractivity (Wildman–Crippen MR) is 119 cm³/mol. The summed E-state index contributed by atoms with van der Waals surface area (Å²) in [6.45, 7) is -0.807. The molecule has 0 radical (unpaired) electrons. The van der Waals surface area contributed by atoms with E-state index in [1.165, 1.54) is 0 Å². The number of alkyl halides is 2. The SMILES string of the molecule is O=C(N[C@H]1CCO[C@H]1C(=O)N1CC(F)(F)CC1C(=O)O)OCC1c2ccccc2-c2ccccc21. The van der Waals surface area contributed by atoms with Crippen LogP contribution in [0.3, 0.4) is 0 Å². The lowest BCUT2D eigenvalue weighted by Crippen LogP contribution is -2.52. The van der Waals surface area contributed by atoms with Gasteiger partial charge in [-0.15, -0.1) is 0 Å². The first-order valence-corrected chi connectivity index (χ1v) is 11.4. The lowest BCUT2D eigenvalue weighted by molar-refractivity contribution is -0.153. The molecule has 2 fully saturated rings. The van der Waals surface area contributed by atoms with Crippen molar-refractivity contribution in [3.8, 4) is 11.1 Å². The highest BCUT2D eigenvalue weighted by atomic mass is 19.3. The number of hydrogen-bond acceptors (Lipinski definition) is 5. The number of carbonyl (C=O) groups is 3. The van der Waals surface area contributed by atoms with Gasteiger partial charge in [-0.05, 0) is 28.7 Å². The summed E-state index contributed by atoms with van der Waals surface area (Å²) in [4.78, 5) is 37.5. The van der Waals surface area contributed by atoms with Crippen molar-refractivity contribution in [3.63, 3.8) is 0 Å². The number of hydrogen-bond donors (Lipinski definition) is 2. The minimum atomic E-state index is -3.30. The van der Waals surface area contributed by atoms with Crippen LogP contribution in [0.25, 0.3) is 11.1 Å². The highest BCUT2D eigenvalue weighted by molar-refractivity contribution is 5.88. The van der Waals surface area contributed by atoms with E-state index in [0.29, 0.717) is 4.90 Å². The highest BCUT2D eigenvalue weighted by Gasteiger charge is 2.53. The van der Waals surface area contributed by atoms with Gasteiger partial charge in [0.2, 0.25) is 0 Å². The molecule has 1 unspecified atom stereocenters. The maximum atomic E-state index is 13.8. The van der Waals surface area contributed by atoms with Crippen molar-refractivity contribution < 1.29 is 37.7 Å². The van der Waals surface area contributed by atoms with Gasteiger partial charge in [-0.25, -0.2) is 18.4 Å². The predicted octanol–water partition coefficient (Wildman–Crippen LogP) is 3.00. The standard InChI is InChI=1S/C25H24F2N2O6/c26-25(27)11-20(23(31)32)29(13-25)22(30)21-19(9-10-34-21)28-24(33)35-12-18-16-7-3-1-5-14(16)15-6-2-4-8-17(15)18/h1-8,18-21H,9-13H2,(H,28,33)(H,31,32)/t19-,20?,21+/m0/s1. The molecule has 0 bridgehead atoms. The first-order valence-electron chi connectivity index (χ1n) is 11.4. The Morgan fingerprint density at radius 1 is 1.09 bits per heavy atom. The molecule has 3 atom stereocenters. The summed E-state index contributed by atoms with van der Waals surface area (Å²) in [5.74, 6) is -5.83. The molecule has 2 aliphatic heterocycles. The van der Waals surface area contributed by atoms with Crippen molar-refractivity contribution in [1.29, 1.82) is 0 Å². The summed E-state index contributed by atoms with van der Waals surface area (Å²) in [5.41, 5.74) is 4.27. The number of carboxylic acid groups (broad SMARTS) is 1. The van der Waals surface area contributed by atoms with Crippen molar-refractivity contribution in [2.24, 2.45) is 0 Å². The number of aliphatic carboxylic acids is 1. The van der Waals surface area contributed by atoms with E-state index in [-0.39, 0.29) is 25.6 Å². The minimum absolute atomic E-state index is 0.0749. The van der Waals surface area contributed by atoms with E-state index in [4.69, 9.17) is 9.47 Å². The molecular weight excluding hydrogens is 462 g/mol. The molecule has 0 saturated carbocycles. The molecule has 35 heavy (non-hydrogen) atoms. The topological polar surface area (TPSA) is 105 Å². The zero-order valence-electron chi connectivity index (χ0n) is 18.7. The van der Waals surface area contributed by atoms with E-state index in [0.717, 1.165) is 22.3 Å². The molecule has 8 nitrogen and oxygen atoms in total. The van der Waals surface area contributed by atoms with Crippen LogP contribution in [0.4, 0.5) is 13.6 Å². The van der Waals surface area contributed by atoms with Crippen LogP contribution in [0.2, 0.25) is 0 Å². The third-order valence-electron chi connectivity index (χ3n) is 6.82. The number of benzene rings is 2. The highest BCUT2D eigenvalue weighted by Crippen LogP contribution is 2.44. The summed E-state index contributed by atoms with van der Waals surface area (Å²) in [5, 5.41) is 11.9. The number of nitrogens with one attached hydrogen (secondary N) is 1. The normalized spacial score (nSPS) is 24.6. The van der Waals surface area contributed by atoms with Gasteiger partial charge in [0.1, 0.15) is 12.6 Å². The summed E-state index contributed by atoms with van der Waals surface area (Å²) in [6, 6.07) is 13.3. The van der Waals surface area contributed by atoms with Gasteiger partial charge >= 0.3 is 12.1 Å². The zero-order valence-corrected chi connectivity index (χ0v) is 18.7. The molecule has 1 aliphatic carbocycles. The van der Waals surface area contributed by atoms with Crippen molar-refractivity contribution in [2.75, 3.05) is 19.8 Å². The average Bonchev–Trinajstić information content (AvgIpc) is 3.51. The lowest BCUT2D eigenvalue weighted by atomic mass is 9.98. The van der Waals surface area contributed by atoms with Crippen molar-refractivity contribution >= 4 is 18.0 Å². The van der Waals surface area contributed by atoms with E-state index in [1.54, 1.807) is 0 Å². The zero-order chi connectivity index (χ0) is 24.7. The number of amides is 2. The van der Waals surface area contributed by atoms with E-state index < -0.39 is 55.0 Å². The molecule has 5 rings (SSSR count). The molecule has 2 aromatic carbocycles. The molecule has 10 heteroatoms. The Morgan fingerprint density at radius 3 is 2.34 bits per heavy atom. The molecule has 3 aliphatic rings. The Bertz CT molecular complexity index is 1130. The van der Waals surface area contributed by atoms with Crippen LogP contribution in [-0.4, -0.2) is 71.8 Å². The molecular formula is C25H24F2N2O6. The first-order chi connectivity index (χ1) is 16.7. The Kier molecular flexibility index (Phi) is 5.92. The first kappa shape index (κ1) is 23.2. The van der Waals surface area contributed by atoms with Crippen LogP contribution >= 0.6 is 0 Å². The third kappa shape index (κ3) is 4.34. The van der Waals surface area contributed by atoms with Gasteiger partial charge in [-0.2, -0.15) is 0 Å². The number of fused-ring (bicyclic) bond motifs is 3. The summed E-state index contributed by atoms with van der Waals surface area (Å²) in [7, 11) is 0. The number of carbonyl (C=O) groups excluding carboxylic acids is 2. The summed E-state index contributed by atoms with van der Waals surface area (Å²) in [6.07, 6.45) is -2.71. The number of halogens is 2. The van der Waals surface area contributed by atoms with Crippen LogP contribution < -0.4 is 5.32 Å². The second-order valence-corrected chi connectivity index (χ2v) is 9.04. The minimum Gasteiger partial charge on any atom is -0.480 e. The van der Waals surface area contributed by atoms with Crippen molar-refractivity contribution in [2.45, 2.75) is 42.9 Å². The second kappa shape index (κ2) is 8.92. The molecule has 0 spiro atoms. The monoisotopic (exact) mass is 486 g/mol. The van der Waals surface area contributed by atoms with Crippen LogP contribution in [0.15, 0.2) is 48.5 Å². The summed E-state index contributed by atoms with van der Waals surface area (Å²) < 4.78 is 38.6. The van der Waals surface area contributed by atoms with Gasteiger partial charge in [0.05, 0.1) is 12.6 Å². The van der Waals surface area contributed by atoms with Crippen LogP contribution in [0.5, 0.6) is 0 Å². The molecule has 2 saturated heterocycles. The second-order valence-electron chi connectivity index (χ2n) is 9.04. The Morgan fingerprint density at radius 2 is 1.71 bits per heavy atom. The van der Waals surface area contributed by atoms with Crippen LogP contribution in [0.1, 0.15) is 29.9 Å². The fraction of sp³-hybridized carbons (Fsp3) is 0.400. The summed E-state index contributed by atoms with van der Waals surface area (Å²) >= 11 is 0. The third-order valence-corrected chi connectivity index (χ3v) is 6.82. The quantitative estimate of drug-likeness (QED) is 0.673. The van der Waals surface area contributed by atoms with Gasteiger partial charge in [0, 0.05) is 18.9 Å². The van der Waals surface area contributed by atoms with Gasteiger partial charge in [0.15, 0.2) is 6.10 Å². The van der Waals surface area contributed by atoms with E-state index in [1.807, 2.05) is 48.5 Å². The molecule has 184 valence electrons. The largest absolute Gasteiger partial charge is 0.480 e. The number of carboxylic acids is 1. The number of ether oxygens (including phenoxy) is 2. The Labute approximate surface area is 199 Å². The van der Waals surface area contributed by atoms with Crippen LogP contribution in [-0.2, 0) is 19.1 Å². The maximum Gasteiger partial charge on any atom is 0.407 e. The maximum absolute atomic E-state index is 13.8. The molecule has 0 aromatic heterocycles. The Hall–Kier alpha value is -3.53. The van der Waals surface area contributed by atoms with E-state index >= 15 is 0 Å².